The number of ketones is 1. The van der Waals surface area contributed by atoms with E-state index in [9.17, 15) is 119 Å². The normalized spacial score (nSPS) is 13.2. The quantitative estimate of drug-likeness (QED) is 0.0342. The highest BCUT2D eigenvalue weighted by atomic mass is 32.2. The molecule has 0 aliphatic heterocycles. The second-order valence-corrected chi connectivity index (χ2v) is 20.8. The number of carbonyl (C=O) groups excluding carboxylic acids is 2. The van der Waals surface area contributed by atoms with Gasteiger partial charge in [-0.3, -0.25) is 9.59 Å². The molecule has 4 nitrogen and oxygen atoms in total. The molecule has 0 unspecified atom stereocenters. The van der Waals surface area contributed by atoms with E-state index in [4.69, 9.17) is 4.74 Å². The van der Waals surface area contributed by atoms with E-state index in [1.165, 1.54) is 6.92 Å². The van der Waals surface area contributed by atoms with Crippen LogP contribution in [-0.4, -0.2) is 23.7 Å². The smallest absolute Gasteiger partial charge is 0.416 e. The monoisotopic (exact) mass is 1240 g/mol. The van der Waals surface area contributed by atoms with Crippen LogP contribution in [0.2, 0.25) is 0 Å². The number of carbonyl (C=O) groups is 2. The van der Waals surface area contributed by atoms with Crippen molar-refractivity contribution < 1.29 is 124 Å². The van der Waals surface area contributed by atoms with Crippen LogP contribution in [0.1, 0.15) is 61.8 Å². The third kappa shape index (κ3) is 14.9. The minimum absolute atomic E-state index is 0.131. The van der Waals surface area contributed by atoms with Crippen molar-refractivity contribution in [1.82, 2.24) is 0 Å². The number of alkyl halides is 24. The molecule has 0 saturated heterocycles. The summed E-state index contributed by atoms with van der Waals surface area (Å²) in [5.41, 5.74) is -29.8. The van der Waals surface area contributed by atoms with E-state index < -0.39 is 211 Å². The molecule has 0 atom stereocenters. The molecule has 0 saturated carbocycles. The van der Waals surface area contributed by atoms with Crippen molar-refractivity contribution in [2.45, 2.75) is 66.1 Å². The van der Waals surface area contributed by atoms with Gasteiger partial charge < -0.3 is 4.74 Å². The molecule has 448 valence electrons. The number of esters is 1. The third-order valence-corrected chi connectivity index (χ3v) is 15.2. The molecule has 84 heavy (non-hydrogen) atoms. The van der Waals surface area contributed by atoms with Crippen molar-refractivity contribution in [2.24, 2.45) is 0 Å². The van der Waals surface area contributed by atoms with Gasteiger partial charge in [0, 0.05) is 12.5 Å². The zero-order valence-electron chi connectivity index (χ0n) is 41.4. The maximum absolute atomic E-state index is 14.2. The van der Waals surface area contributed by atoms with Crippen molar-refractivity contribution in [3.8, 4) is 5.75 Å². The highest BCUT2D eigenvalue weighted by Crippen LogP contribution is 2.42. The Morgan fingerprint density at radius 3 is 0.786 bits per heavy atom. The lowest BCUT2D eigenvalue weighted by molar-refractivity contribution is -0.144. The van der Waals surface area contributed by atoms with Crippen molar-refractivity contribution in [1.29, 1.82) is 0 Å². The summed E-state index contributed by atoms with van der Waals surface area (Å²) >= 11 is 0. The molecule has 0 radical (unpaired) electrons. The van der Waals surface area contributed by atoms with Crippen LogP contribution in [0, 0.1) is 0 Å². The number of ether oxygens (including phenoxy) is 1. The standard InChI is InChI=1S/C32H12BF24.C22H19O4S/c34-25(35,36)13-1-14(26(37,38)39)6-21(5-13)33(22-7-15(27(40,41)42)2-16(8-22)28(43,44)45,23-9-17(29(46,47)48)3-18(10-23)30(49,50)51)24-11-19(31(52,53)54)4-20(12-24)32(55,56)57;1-17(23)26-19-14-12-18(13-15-19)22(24)16-27(25,20-8-4-2-5-9-20)21-10-6-3-7-11-21/h1-12H;2-15H,16H2,1H3/q-1;+1. The number of hydrogen-bond donors (Lipinski definition) is 0. The van der Waals surface area contributed by atoms with E-state index in [0.717, 1.165) is 0 Å². The van der Waals surface area contributed by atoms with Gasteiger partial charge in [0.25, 0.3) is 0 Å². The first-order valence-electron chi connectivity index (χ1n) is 23.0. The van der Waals surface area contributed by atoms with Gasteiger partial charge in [-0.2, -0.15) is 127 Å². The first kappa shape index (κ1) is 65.4. The minimum atomic E-state index is -6.13. The van der Waals surface area contributed by atoms with Gasteiger partial charge in [0.2, 0.25) is 5.78 Å². The van der Waals surface area contributed by atoms with Crippen LogP contribution in [0.25, 0.3) is 0 Å². The summed E-state index contributed by atoms with van der Waals surface area (Å²) in [5, 5.41) is 0. The second-order valence-electron chi connectivity index (χ2n) is 18.2. The lowest BCUT2D eigenvalue weighted by Gasteiger charge is -2.46. The molecule has 30 heteroatoms. The van der Waals surface area contributed by atoms with Gasteiger partial charge >= 0.3 is 55.4 Å². The summed E-state index contributed by atoms with van der Waals surface area (Å²) in [4.78, 5) is 25.1. The summed E-state index contributed by atoms with van der Waals surface area (Å²) in [7, 11) is -2.76. The molecule has 7 aromatic rings. The molecule has 0 amide bonds. The lowest BCUT2D eigenvalue weighted by Crippen LogP contribution is -2.75. The SMILES string of the molecule is CC(=O)Oc1ccc(C(=O)C[S+](=O)(c2ccccc2)c2ccccc2)cc1.FC(F)(F)c1cc([B-](c2cc(C(F)(F)F)cc(C(F)(F)F)c2)(c2cc(C(F)(F)F)cc(C(F)(F)F)c2)c2cc(C(F)(F)F)cc(C(F)(F)F)c2)cc(C(F)(F)F)c1. The van der Waals surface area contributed by atoms with Gasteiger partial charge in [0.1, 0.15) is 11.9 Å². The molecule has 0 N–H and O–H groups in total. The van der Waals surface area contributed by atoms with Gasteiger partial charge in [-0.15, -0.1) is 0 Å². The van der Waals surface area contributed by atoms with Crippen LogP contribution in [-0.2, 0) is 68.3 Å². The van der Waals surface area contributed by atoms with E-state index in [1.54, 1.807) is 48.5 Å². The zero-order chi connectivity index (χ0) is 63.2. The Morgan fingerprint density at radius 1 is 0.357 bits per heavy atom. The van der Waals surface area contributed by atoms with Gasteiger partial charge in [-0.05, 0) is 72.8 Å². The molecule has 0 aliphatic carbocycles. The molecule has 0 bridgehead atoms. The fraction of sp³-hybridized carbons (Fsp3) is 0.185. The summed E-state index contributed by atoms with van der Waals surface area (Å²) in [6.07, 6.45) is -54.8. The summed E-state index contributed by atoms with van der Waals surface area (Å²) in [6.45, 7) is 1.31. The van der Waals surface area contributed by atoms with E-state index >= 15 is 0 Å². The lowest BCUT2D eigenvalue weighted by atomic mass is 9.12. The van der Waals surface area contributed by atoms with Crippen LogP contribution in [0.3, 0.4) is 0 Å². The first-order valence-corrected chi connectivity index (χ1v) is 24.8. The second kappa shape index (κ2) is 23.0. The van der Waals surface area contributed by atoms with Gasteiger partial charge in [-0.1, -0.05) is 89.1 Å². The van der Waals surface area contributed by atoms with Crippen LogP contribution in [0.15, 0.2) is 168 Å². The summed E-state index contributed by atoms with van der Waals surface area (Å²) < 4.78 is 360. The fourth-order valence-electron chi connectivity index (χ4n) is 8.80. The Kier molecular flexibility index (Phi) is 17.9. The van der Waals surface area contributed by atoms with Gasteiger partial charge in [0.05, 0.1) is 44.5 Å². The highest BCUT2D eigenvalue weighted by Gasteiger charge is 2.47. The predicted octanol–water partition coefficient (Wildman–Crippen LogP) is 15.6. The Morgan fingerprint density at radius 2 is 0.583 bits per heavy atom. The maximum Gasteiger partial charge on any atom is 0.416 e. The summed E-state index contributed by atoms with van der Waals surface area (Å²) in [5.74, 6) is -0.424. The molecule has 0 aliphatic rings. The Bertz CT molecular complexity index is 3100. The fourth-order valence-corrected chi connectivity index (χ4v) is 11.1. The average molecular weight is 1240 g/mol. The molecular formula is C54H31BF24O4S. The Labute approximate surface area is 458 Å². The first-order chi connectivity index (χ1) is 38.2. The molecule has 0 heterocycles. The number of rotatable bonds is 10. The highest BCUT2D eigenvalue weighted by molar-refractivity contribution is 8.03. The van der Waals surface area contributed by atoms with Crippen molar-refractivity contribution in [3.05, 3.63) is 208 Å². The molecule has 0 spiro atoms. The third-order valence-electron chi connectivity index (χ3n) is 12.5. The molecule has 0 fully saturated rings. The van der Waals surface area contributed by atoms with E-state index in [-0.39, 0.29) is 11.5 Å². The van der Waals surface area contributed by atoms with E-state index in [0.29, 0.717) is 21.1 Å². The predicted molar refractivity (Wildman–Crippen MR) is 254 cm³/mol. The van der Waals surface area contributed by atoms with Crippen molar-refractivity contribution in [3.63, 3.8) is 0 Å². The van der Waals surface area contributed by atoms with Crippen LogP contribution in [0.5, 0.6) is 5.75 Å². The molecule has 0 aromatic heterocycles. The number of halogens is 24. The van der Waals surface area contributed by atoms with Crippen molar-refractivity contribution >= 4 is 49.7 Å². The van der Waals surface area contributed by atoms with Crippen molar-refractivity contribution in [2.75, 3.05) is 5.75 Å². The maximum atomic E-state index is 14.2. The van der Waals surface area contributed by atoms with E-state index in [1.807, 2.05) is 36.4 Å². The van der Waals surface area contributed by atoms with Gasteiger partial charge in [-0.25, -0.2) is 0 Å². The Balaban J connectivity index is 0.000000347. The molecule has 7 aromatic carbocycles. The van der Waals surface area contributed by atoms with E-state index in [2.05, 4.69) is 0 Å². The topological polar surface area (TPSA) is 60.4 Å². The summed E-state index contributed by atoms with van der Waals surface area (Å²) in [6, 6.07) is 15.6. The van der Waals surface area contributed by atoms with Crippen LogP contribution < -0.4 is 26.6 Å². The minimum Gasteiger partial charge on any atom is -0.427 e. The zero-order valence-corrected chi connectivity index (χ0v) is 42.2. The number of hydrogen-bond acceptors (Lipinski definition) is 4. The van der Waals surface area contributed by atoms with Gasteiger partial charge in [0.15, 0.2) is 25.5 Å². The average Bonchev–Trinajstić information content (AvgIpc) is 0.934. The molecular weight excluding hydrogens is 1210 g/mol. The van der Waals surface area contributed by atoms with Crippen LogP contribution in [0.4, 0.5) is 105 Å². The number of benzene rings is 7. The van der Waals surface area contributed by atoms with Crippen LogP contribution >= 0.6 is 0 Å². The largest absolute Gasteiger partial charge is 0.427 e. The Hall–Kier alpha value is -7.79. The molecule has 7 rings (SSSR count). The number of Topliss-reactive ketones (excluding diaryl/α,β-unsaturated/α-hetero) is 1.